The highest BCUT2D eigenvalue weighted by atomic mass is 16.5. The summed E-state index contributed by atoms with van der Waals surface area (Å²) in [4.78, 5) is 11.5. The molecule has 1 aromatic rings. The first-order valence-electron chi connectivity index (χ1n) is 6.97. The van der Waals surface area contributed by atoms with Crippen LogP contribution in [0.4, 0.5) is 0 Å². The molecule has 0 N–H and O–H groups in total. The minimum Gasteiger partial charge on any atom is -0.490 e. The van der Waals surface area contributed by atoms with Gasteiger partial charge in [-0.15, -0.1) is 0 Å². The van der Waals surface area contributed by atoms with Crippen LogP contribution in [0.5, 0.6) is 5.75 Å². The monoisotopic (exact) mass is 246 g/mol. The Bertz CT molecular complexity index is 403. The van der Waals surface area contributed by atoms with Gasteiger partial charge in [-0.3, -0.25) is 4.79 Å². The fraction of sp³-hybridized carbons (Fsp3) is 0.562. The number of Topliss-reactive ketones (excluding diaryl/α,β-unsaturated/α-hetero) is 1. The summed E-state index contributed by atoms with van der Waals surface area (Å²) in [6, 6.07) is 7.56. The molecule has 18 heavy (non-hydrogen) atoms. The van der Waals surface area contributed by atoms with Crippen molar-refractivity contribution in [2.45, 2.75) is 52.1 Å². The maximum Gasteiger partial charge on any atom is 0.163 e. The number of carbonyl (C=O) groups is 1. The van der Waals surface area contributed by atoms with Crippen LogP contribution in [0.15, 0.2) is 24.3 Å². The van der Waals surface area contributed by atoms with Crippen molar-refractivity contribution in [1.82, 2.24) is 0 Å². The largest absolute Gasteiger partial charge is 0.490 e. The molecule has 0 unspecified atom stereocenters. The van der Waals surface area contributed by atoms with Gasteiger partial charge >= 0.3 is 0 Å². The molecule has 1 aliphatic rings. The quantitative estimate of drug-likeness (QED) is 0.743. The molecule has 2 nitrogen and oxygen atoms in total. The van der Waals surface area contributed by atoms with Crippen LogP contribution in [0.25, 0.3) is 0 Å². The molecule has 0 heterocycles. The molecule has 1 aromatic carbocycles. The van der Waals surface area contributed by atoms with Crippen LogP contribution >= 0.6 is 0 Å². The number of hydrogen-bond acceptors (Lipinski definition) is 2. The highest BCUT2D eigenvalue weighted by Crippen LogP contribution is 2.30. The molecule has 0 atom stereocenters. The number of ether oxygens (including phenoxy) is 1. The van der Waals surface area contributed by atoms with E-state index in [9.17, 15) is 4.79 Å². The lowest BCUT2D eigenvalue weighted by Crippen LogP contribution is -2.24. The van der Waals surface area contributed by atoms with Gasteiger partial charge in [0.2, 0.25) is 0 Å². The van der Waals surface area contributed by atoms with Gasteiger partial charge in [0.1, 0.15) is 5.75 Å². The molecular weight excluding hydrogens is 224 g/mol. The Morgan fingerprint density at radius 3 is 2.50 bits per heavy atom. The third kappa shape index (κ3) is 3.12. The van der Waals surface area contributed by atoms with Crippen molar-refractivity contribution in [3.05, 3.63) is 29.8 Å². The van der Waals surface area contributed by atoms with Gasteiger partial charge in [0.15, 0.2) is 5.78 Å². The molecule has 0 aromatic heterocycles. The van der Waals surface area contributed by atoms with Crippen molar-refractivity contribution in [2.24, 2.45) is 5.92 Å². The molecule has 2 rings (SSSR count). The number of ketones is 1. The summed E-state index contributed by atoms with van der Waals surface area (Å²) >= 11 is 0. The number of para-hydroxylation sites is 1. The lowest BCUT2D eigenvalue weighted by Gasteiger charge is -2.28. The van der Waals surface area contributed by atoms with Crippen molar-refractivity contribution in [2.75, 3.05) is 0 Å². The first kappa shape index (κ1) is 13.1. The molecule has 2 heteroatoms. The molecule has 0 aliphatic heterocycles. The average Bonchev–Trinajstić information content (AvgIpc) is 2.40. The number of carbonyl (C=O) groups excluding carboxylic acids is 1. The van der Waals surface area contributed by atoms with Crippen LogP contribution in [0, 0.1) is 5.92 Å². The van der Waals surface area contributed by atoms with Crippen molar-refractivity contribution in [1.29, 1.82) is 0 Å². The zero-order valence-electron chi connectivity index (χ0n) is 11.3. The highest BCUT2D eigenvalue weighted by molar-refractivity contribution is 5.96. The summed E-state index contributed by atoms with van der Waals surface area (Å²) < 4.78 is 6.02. The Labute approximate surface area is 109 Å². The number of rotatable bonds is 4. The van der Waals surface area contributed by atoms with Crippen LogP contribution in [0.3, 0.4) is 0 Å². The van der Waals surface area contributed by atoms with Gasteiger partial charge in [-0.2, -0.15) is 0 Å². The van der Waals surface area contributed by atoms with E-state index in [1.165, 1.54) is 19.3 Å². The number of benzene rings is 1. The van der Waals surface area contributed by atoms with Crippen LogP contribution < -0.4 is 4.74 Å². The van der Waals surface area contributed by atoms with E-state index in [1.54, 1.807) is 6.92 Å². The van der Waals surface area contributed by atoms with E-state index in [-0.39, 0.29) is 11.9 Å². The fourth-order valence-electron chi connectivity index (χ4n) is 2.70. The second kappa shape index (κ2) is 6.03. The predicted molar refractivity (Wildman–Crippen MR) is 73.1 cm³/mol. The third-order valence-electron chi connectivity index (χ3n) is 3.93. The summed E-state index contributed by atoms with van der Waals surface area (Å²) in [5, 5.41) is 0. The SMILES string of the molecule is CCC1CCC(Oc2ccccc2C(C)=O)CC1. The van der Waals surface area contributed by atoms with Gasteiger partial charge in [-0.1, -0.05) is 25.5 Å². The van der Waals surface area contributed by atoms with E-state index in [0.717, 1.165) is 24.5 Å². The molecule has 1 fully saturated rings. The van der Waals surface area contributed by atoms with E-state index in [1.807, 2.05) is 24.3 Å². The molecule has 0 amide bonds. The zero-order valence-corrected chi connectivity index (χ0v) is 11.3. The molecule has 0 spiro atoms. The van der Waals surface area contributed by atoms with Crippen molar-refractivity contribution in [3.63, 3.8) is 0 Å². The van der Waals surface area contributed by atoms with Crippen LogP contribution in [0.2, 0.25) is 0 Å². The Kier molecular flexibility index (Phi) is 4.40. The van der Waals surface area contributed by atoms with Gasteiger partial charge in [0.25, 0.3) is 0 Å². The second-order valence-corrected chi connectivity index (χ2v) is 5.22. The van der Waals surface area contributed by atoms with Gasteiger partial charge in [-0.25, -0.2) is 0 Å². The molecular formula is C16H22O2. The van der Waals surface area contributed by atoms with Gasteiger partial charge in [0, 0.05) is 0 Å². The van der Waals surface area contributed by atoms with E-state index in [4.69, 9.17) is 4.74 Å². The van der Waals surface area contributed by atoms with E-state index in [0.29, 0.717) is 5.56 Å². The molecule has 98 valence electrons. The van der Waals surface area contributed by atoms with Gasteiger partial charge < -0.3 is 4.74 Å². The summed E-state index contributed by atoms with van der Waals surface area (Å²) in [7, 11) is 0. The summed E-state index contributed by atoms with van der Waals surface area (Å²) in [5.41, 5.74) is 0.704. The normalized spacial score (nSPS) is 23.7. The summed E-state index contributed by atoms with van der Waals surface area (Å²) in [5.74, 6) is 1.70. The molecule has 1 saturated carbocycles. The molecule has 0 radical (unpaired) electrons. The Morgan fingerprint density at radius 1 is 1.22 bits per heavy atom. The van der Waals surface area contributed by atoms with Crippen LogP contribution in [-0.4, -0.2) is 11.9 Å². The Hall–Kier alpha value is -1.31. The van der Waals surface area contributed by atoms with Crippen molar-refractivity contribution < 1.29 is 9.53 Å². The van der Waals surface area contributed by atoms with Crippen LogP contribution in [0.1, 0.15) is 56.3 Å². The predicted octanol–water partition coefficient (Wildman–Crippen LogP) is 4.24. The van der Waals surface area contributed by atoms with Crippen molar-refractivity contribution in [3.8, 4) is 5.75 Å². The molecule has 0 saturated heterocycles. The Morgan fingerprint density at radius 2 is 1.89 bits per heavy atom. The average molecular weight is 246 g/mol. The summed E-state index contributed by atoms with van der Waals surface area (Å²) in [6.45, 7) is 3.85. The lowest BCUT2D eigenvalue weighted by molar-refractivity contribution is 0.0994. The minimum atomic E-state index is 0.0767. The van der Waals surface area contributed by atoms with Crippen molar-refractivity contribution >= 4 is 5.78 Å². The first-order valence-corrected chi connectivity index (χ1v) is 6.97. The molecule has 0 bridgehead atoms. The maximum absolute atomic E-state index is 11.5. The third-order valence-corrected chi connectivity index (χ3v) is 3.93. The topological polar surface area (TPSA) is 26.3 Å². The first-order chi connectivity index (χ1) is 8.70. The van der Waals surface area contributed by atoms with E-state index in [2.05, 4.69) is 6.92 Å². The smallest absolute Gasteiger partial charge is 0.163 e. The van der Waals surface area contributed by atoms with Gasteiger partial charge in [-0.05, 0) is 50.7 Å². The van der Waals surface area contributed by atoms with Crippen LogP contribution in [-0.2, 0) is 0 Å². The molecule has 1 aliphatic carbocycles. The fourth-order valence-corrected chi connectivity index (χ4v) is 2.70. The summed E-state index contributed by atoms with van der Waals surface area (Å²) in [6.07, 6.45) is 6.30. The van der Waals surface area contributed by atoms with E-state index >= 15 is 0 Å². The highest BCUT2D eigenvalue weighted by Gasteiger charge is 2.22. The zero-order chi connectivity index (χ0) is 13.0. The minimum absolute atomic E-state index is 0.0767. The second-order valence-electron chi connectivity index (χ2n) is 5.22. The maximum atomic E-state index is 11.5. The van der Waals surface area contributed by atoms with E-state index < -0.39 is 0 Å². The lowest BCUT2D eigenvalue weighted by atomic mass is 9.86. The Balaban J connectivity index is 2.00. The van der Waals surface area contributed by atoms with Gasteiger partial charge in [0.05, 0.1) is 11.7 Å². The standard InChI is InChI=1S/C16H22O2/c1-3-13-8-10-14(11-9-13)18-16-7-5-4-6-15(16)12(2)17/h4-7,13-14H,3,8-11H2,1-2H3. The number of hydrogen-bond donors (Lipinski definition) is 0.